The molecule has 3 rings (SSSR count). The van der Waals surface area contributed by atoms with E-state index < -0.39 is 20.1 Å². The number of hydrogen-bond acceptors (Lipinski definition) is 4. The Hall–Kier alpha value is -1.75. The average Bonchev–Trinajstić information content (AvgIpc) is 3.08. The third-order valence-electron chi connectivity index (χ3n) is 4.60. The van der Waals surface area contributed by atoms with Crippen LogP contribution >= 0.6 is 0 Å². The van der Waals surface area contributed by atoms with Crippen LogP contribution in [0.15, 0.2) is 51.4 Å². The van der Waals surface area contributed by atoms with Crippen LogP contribution in [0, 0.1) is 0 Å². The quantitative estimate of drug-likeness (QED) is 0.754. The normalized spacial score (nSPS) is 21.1. The molecule has 2 unspecified atom stereocenters. The highest BCUT2D eigenvalue weighted by Gasteiger charge is 2.35. The fraction of sp³-hybridized carbons (Fsp3) is 0.471. The fourth-order valence-electron chi connectivity index (χ4n) is 3.22. The molecule has 0 bridgehead atoms. The van der Waals surface area contributed by atoms with Crippen molar-refractivity contribution in [2.24, 2.45) is 10.8 Å². The van der Waals surface area contributed by atoms with Crippen LogP contribution in [0.4, 0.5) is 0 Å². The van der Waals surface area contributed by atoms with Gasteiger partial charge in [0.1, 0.15) is 0 Å². The summed E-state index contributed by atoms with van der Waals surface area (Å²) in [5.41, 5.74) is 0.826. The first-order valence-electron chi connectivity index (χ1n) is 8.75. The molecule has 1 aliphatic heterocycles. The molecular formula is C17H25N5O3S2. The maximum atomic E-state index is 13.5. The molecule has 1 fully saturated rings. The van der Waals surface area contributed by atoms with Crippen LogP contribution in [0.5, 0.6) is 0 Å². The van der Waals surface area contributed by atoms with E-state index in [1.807, 2.05) is 6.20 Å². The molecule has 2 aromatic rings. The second kappa shape index (κ2) is 7.70. The van der Waals surface area contributed by atoms with Crippen LogP contribution in [0.1, 0.15) is 30.9 Å². The summed E-state index contributed by atoms with van der Waals surface area (Å²) in [7, 11) is -2.46. The van der Waals surface area contributed by atoms with Crippen molar-refractivity contribution in [3.8, 4) is 0 Å². The predicted octanol–water partition coefficient (Wildman–Crippen LogP) is 2.20. The van der Waals surface area contributed by atoms with Gasteiger partial charge in [0.25, 0.3) is 0 Å². The second-order valence-corrected chi connectivity index (χ2v) is 10.9. The lowest BCUT2D eigenvalue weighted by Crippen LogP contribution is -2.38. The van der Waals surface area contributed by atoms with Crippen molar-refractivity contribution in [2.75, 3.05) is 20.6 Å². The number of rotatable bonds is 5. The van der Waals surface area contributed by atoms with Crippen molar-refractivity contribution in [3.63, 3.8) is 0 Å². The molecule has 1 saturated heterocycles. The summed E-state index contributed by atoms with van der Waals surface area (Å²) in [6, 6.07) is 8.16. The van der Waals surface area contributed by atoms with E-state index in [1.54, 1.807) is 62.4 Å². The molecule has 148 valence electrons. The molecule has 0 saturated carbocycles. The Labute approximate surface area is 161 Å². The summed E-state index contributed by atoms with van der Waals surface area (Å²) in [6.07, 6.45) is 5.86. The Bertz CT molecular complexity index is 1010. The monoisotopic (exact) mass is 411 g/mol. The summed E-state index contributed by atoms with van der Waals surface area (Å²) >= 11 is 0. The highest BCUT2D eigenvalue weighted by molar-refractivity contribution is 8.01. The number of aryl methyl sites for hydroxylation is 1. The summed E-state index contributed by atoms with van der Waals surface area (Å²) < 4.78 is 48.2. The molecule has 27 heavy (non-hydrogen) atoms. The number of nitrogens with zero attached hydrogens (tertiary/aromatic N) is 5. The van der Waals surface area contributed by atoms with Crippen molar-refractivity contribution < 1.29 is 12.6 Å². The van der Waals surface area contributed by atoms with Gasteiger partial charge in [0.2, 0.25) is 0 Å². The first kappa shape index (κ1) is 20.0. The summed E-state index contributed by atoms with van der Waals surface area (Å²) in [5.74, 6) is 0. The van der Waals surface area contributed by atoms with E-state index in [9.17, 15) is 12.6 Å². The van der Waals surface area contributed by atoms with E-state index in [2.05, 4.69) is 8.87 Å². The Morgan fingerprint density at radius 1 is 1.15 bits per heavy atom. The topological polar surface area (TPSA) is 87.9 Å². The molecular weight excluding hydrogens is 386 g/mol. The zero-order valence-electron chi connectivity index (χ0n) is 15.7. The van der Waals surface area contributed by atoms with Gasteiger partial charge in [-0.3, -0.25) is 4.68 Å². The van der Waals surface area contributed by atoms with Gasteiger partial charge in [0, 0.05) is 39.4 Å². The van der Waals surface area contributed by atoms with Crippen molar-refractivity contribution >= 4 is 20.1 Å². The zero-order valence-corrected chi connectivity index (χ0v) is 17.4. The molecule has 0 radical (unpaired) electrons. The van der Waals surface area contributed by atoms with E-state index in [0.717, 1.165) is 18.4 Å². The Kier molecular flexibility index (Phi) is 5.71. The van der Waals surface area contributed by atoms with E-state index in [-0.39, 0.29) is 6.04 Å². The summed E-state index contributed by atoms with van der Waals surface area (Å²) in [5, 5.41) is 4.16. The Balaban J connectivity index is 2.07. The minimum absolute atomic E-state index is 0.345. The molecule has 1 aromatic carbocycles. The molecule has 10 heteroatoms. The molecule has 0 amide bonds. The highest BCUT2D eigenvalue weighted by atomic mass is 32.3. The fourth-order valence-corrected chi connectivity index (χ4v) is 7.30. The molecule has 2 heterocycles. The zero-order chi connectivity index (χ0) is 19.7. The van der Waals surface area contributed by atoms with Gasteiger partial charge in [-0.25, -0.2) is 8.51 Å². The van der Waals surface area contributed by atoms with Gasteiger partial charge in [-0.15, -0.1) is 0 Å². The molecule has 0 spiro atoms. The third kappa shape index (κ3) is 4.08. The van der Waals surface area contributed by atoms with E-state index in [0.29, 0.717) is 17.9 Å². The molecule has 0 aliphatic carbocycles. The van der Waals surface area contributed by atoms with Gasteiger partial charge in [-0.2, -0.15) is 17.8 Å². The maximum absolute atomic E-state index is 13.5. The number of piperidine rings is 1. The predicted molar refractivity (Wildman–Crippen MR) is 104 cm³/mol. The first-order chi connectivity index (χ1) is 12.7. The molecule has 8 nitrogen and oxygen atoms in total. The van der Waals surface area contributed by atoms with Gasteiger partial charge < -0.3 is 0 Å². The average molecular weight is 412 g/mol. The minimum atomic E-state index is -4.12. The van der Waals surface area contributed by atoms with Crippen molar-refractivity contribution in [1.29, 1.82) is 0 Å². The van der Waals surface area contributed by atoms with Crippen molar-refractivity contribution in [1.82, 2.24) is 18.4 Å². The summed E-state index contributed by atoms with van der Waals surface area (Å²) in [6.45, 7) is 0.350. The minimum Gasteiger partial charge on any atom is -0.275 e. The van der Waals surface area contributed by atoms with Gasteiger partial charge in [-0.1, -0.05) is 28.4 Å². The molecule has 1 aliphatic rings. The Morgan fingerprint density at radius 3 is 2.44 bits per heavy atom. The van der Waals surface area contributed by atoms with E-state index >= 15 is 0 Å². The second-order valence-electron chi connectivity index (χ2n) is 6.74. The smallest absolute Gasteiger partial charge is 0.275 e. The lowest BCUT2D eigenvalue weighted by atomic mass is 10.0. The number of benzene rings is 1. The SMILES string of the molecule is CN(C)S(=O)(=NS(=O)(=O)N1CCCCC1c1cnn(C)c1)c1ccccc1. The van der Waals surface area contributed by atoms with Crippen LogP contribution in [-0.2, 0) is 27.2 Å². The molecule has 1 aromatic heterocycles. The van der Waals surface area contributed by atoms with E-state index in [1.165, 1.54) is 8.61 Å². The van der Waals surface area contributed by atoms with Crippen LogP contribution in [-0.4, -0.2) is 51.7 Å². The van der Waals surface area contributed by atoms with Crippen molar-refractivity contribution in [2.45, 2.75) is 30.2 Å². The van der Waals surface area contributed by atoms with Gasteiger partial charge in [0.15, 0.2) is 9.92 Å². The van der Waals surface area contributed by atoms with Gasteiger partial charge >= 0.3 is 10.2 Å². The molecule has 0 N–H and O–H groups in total. The third-order valence-corrected chi connectivity index (χ3v) is 9.07. The van der Waals surface area contributed by atoms with Crippen LogP contribution in [0.25, 0.3) is 0 Å². The first-order valence-corrected chi connectivity index (χ1v) is 11.6. The van der Waals surface area contributed by atoms with Crippen LogP contribution in [0.3, 0.4) is 0 Å². The highest BCUT2D eigenvalue weighted by Crippen LogP contribution is 2.34. The summed E-state index contributed by atoms with van der Waals surface area (Å²) in [4.78, 5) is 0.369. The number of aromatic nitrogens is 2. The lowest BCUT2D eigenvalue weighted by molar-refractivity contribution is 0.256. The van der Waals surface area contributed by atoms with Gasteiger partial charge in [-0.05, 0) is 25.0 Å². The largest absolute Gasteiger partial charge is 0.332 e. The van der Waals surface area contributed by atoms with Gasteiger partial charge in [0.05, 0.1) is 17.1 Å². The molecule has 2 atom stereocenters. The van der Waals surface area contributed by atoms with Crippen LogP contribution in [0.2, 0.25) is 0 Å². The number of hydrogen-bond donors (Lipinski definition) is 0. The Morgan fingerprint density at radius 2 is 1.85 bits per heavy atom. The van der Waals surface area contributed by atoms with E-state index in [4.69, 9.17) is 0 Å². The van der Waals surface area contributed by atoms with Crippen molar-refractivity contribution in [3.05, 3.63) is 48.3 Å². The lowest BCUT2D eigenvalue weighted by Gasteiger charge is -2.32. The standard InChI is InChI=1S/C17H25N5O3S2/c1-20(2)26(23,16-9-5-4-6-10-16)19-27(24,25)22-12-8-7-11-17(22)15-13-18-21(3)14-15/h4-6,9-10,13-14,17H,7-8,11-12H2,1-3H3. The van der Waals surface area contributed by atoms with Crippen LogP contribution < -0.4 is 0 Å². The maximum Gasteiger partial charge on any atom is 0.332 e.